The molecular weight excluding hydrogens is 464 g/mol. The van der Waals surface area contributed by atoms with Gasteiger partial charge in [-0.15, -0.1) is 0 Å². The number of carboxylic acid groups (broad SMARTS) is 1. The largest absolute Gasteiger partial charge is 0.497 e. The van der Waals surface area contributed by atoms with Gasteiger partial charge in [0, 0.05) is 19.6 Å². The van der Waals surface area contributed by atoms with Crippen LogP contribution >= 0.6 is 0 Å². The number of hydrogen-bond acceptors (Lipinski definition) is 4. The smallest absolute Gasteiger partial charge is 0.330 e. The third kappa shape index (κ3) is 5.56. The highest BCUT2D eigenvalue weighted by Gasteiger charge is 2.49. The van der Waals surface area contributed by atoms with Crippen molar-refractivity contribution in [2.24, 2.45) is 0 Å². The summed E-state index contributed by atoms with van der Waals surface area (Å²) in [6, 6.07) is 24.8. The zero-order valence-corrected chi connectivity index (χ0v) is 20.5. The predicted molar refractivity (Wildman–Crippen MR) is 138 cm³/mol. The number of carbonyl (C=O) groups is 1. The summed E-state index contributed by atoms with van der Waals surface area (Å²) < 4.78 is 29.0. The molecule has 3 aromatic rings. The van der Waals surface area contributed by atoms with Crippen LogP contribution in [0.15, 0.2) is 78.9 Å². The lowest BCUT2D eigenvalue weighted by atomic mass is 9.86. The lowest BCUT2D eigenvalue weighted by Crippen LogP contribution is -2.61. The molecule has 1 atom stereocenters. The highest BCUT2D eigenvalue weighted by molar-refractivity contribution is 7.80. The number of rotatable bonds is 9. The van der Waals surface area contributed by atoms with Crippen LogP contribution in [0.5, 0.6) is 5.75 Å². The van der Waals surface area contributed by atoms with Gasteiger partial charge in [0.25, 0.3) is 11.3 Å². The first kappa shape index (κ1) is 24.9. The van der Waals surface area contributed by atoms with E-state index in [1.807, 2.05) is 54.6 Å². The number of ether oxygens (including phenoxy) is 1. The van der Waals surface area contributed by atoms with Gasteiger partial charge in [-0.25, -0.2) is 9.00 Å². The van der Waals surface area contributed by atoms with Gasteiger partial charge >= 0.3 is 5.97 Å². The average Bonchev–Trinajstić information content (AvgIpc) is 2.89. The molecule has 0 bridgehead atoms. The van der Waals surface area contributed by atoms with Crippen molar-refractivity contribution in [1.82, 2.24) is 4.90 Å². The number of hydrogen-bond donors (Lipinski definition) is 2. The average molecular weight is 495 g/mol. The minimum absolute atomic E-state index is 0.254. The zero-order valence-electron chi connectivity index (χ0n) is 19.7. The Kier molecular flexibility index (Phi) is 7.85. The van der Waals surface area contributed by atoms with E-state index in [-0.39, 0.29) is 12.8 Å². The monoisotopic (exact) mass is 494 g/mol. The summed E-state index contributed by atoms with van der Waals surface area (Å²) in [5.41, 5.74) is 2.07. The molecule has 0 aliphatic carbocycles. The van der Waals surface area contributed by atoms with Crippen molar-refractivity contribution in [1.29, 1.82) is 0 Å². The van der Waals surface area contributed by atoms with E-state index in [0.29, 0.717) is 18.8 Å². The summed E-state index contributed by atoms with van der Waals surface area (Å²) in [5.74, 6) is -0.326. The van der Waals surface area contributed by atoms with Crippen molar-refractivity contribution in [2.75, 3.05) is 31.0 Å². The number of benzene rings is 3. The lowest BCUT2D eigenvalue weighted by Gasteiger charge is -2.44. The van der Waals surface area contributed by atoms with Gasteiger partial charge in [0.05, 0.1) is 12.8 Å². The SMILES string of the molecule is COc1ccc(-c2ccc(N(S(=O)O)C3(C(=O)O)CCN(CCc4ccccc4)CC3)cc2)cc1. The number of carboxylic acids is 1. The molecule has 1 aliphatic heterocycles. The maximum Gasteiger partial charge on any atom is 0.330 e. The Morgan fingerprint density at radius 1 is 0.971 bits per heavy atom. The van der Waals surface area contributed by atoms with Crippen molar-refractivity contribution in [3.63, 3.8) is 0 Å². The summed E-state index contributed by atoms with van der Waals surface area (Å²) in [5, 5.41) is 10.2. The minimum atomic E-state index is -2.49. The third-order valence-electron chi connectivity index (χ3n) is 6.71. The topological polar surface area (TPSA) is 90.3 Å². The second kappa shape index (κ2) is 11.0. The van der Waals surface area contributed by atoms with Crippen molar-refractivity contribution in [3.8, 4) is 16.9 Å². The van der Waals surface area contributed by atoms with Crippen molar-refractivity contribution < 1.29 is 23.4 Å². The van der Waals surface area contributed by atoms with E-state index in [4.69, 9.17) is 4.74 Å². The molecule has 8 heteroatoms. The molecular formula is C27H30N2O5S. The van der Waals surface area contributed by atoms with Gasteiger partial charge < -0.3 is 14.7 Å². The number of aliphatic carboxylic acids is 1. The zero-order chi connectivity index (χ0) is 24.8. The molecule has 35 heavy (non-hydrogen) atoms. The Hall–Kier alpha value is -3.20. The highest BCUT2D eigenvalue weighted by Crippen LogP contribution is 2.36. The number of nitrogens with zero attached hydrogens (tertiary/aromatic N) is 2. The van der Waals surface area contributed by atoms with Gasteiger partial charge in [0.15, 0.2) is 5.54 Å². The first-order valence-corrected chi connectivity index (χ1v) is 12.6. The second-order valence-electron chi connectivity index (χ2n) is 8.71. The molecule has 1 heterocycles. The fourth-order valence-electron chi connectivity index (χ4n) is 4.64. The first-order valence-electron chi connectivity index (χ1n) is 11.6. The number of anilines is 1. The summed E-state index contributed by atoms with van der Waals surface area (Å²) in [6.07, 6.45) is 1.39. The van der Waals surface area contributed by atoms with E-state index < -0.39 is 22.8 Å². The molecule has 1 fully saturated rings. The lowest BCUT2D eigenvalue weighted by molar-refractivity contribution is -0.144. The number of piperidine rings is 1. The van der Waals surface area contributed by atoms with E-state index in [0.717, 1.165) is 34.1 Å². The van der Waals surface area contributed by atoms with Crippen LogP contribution in [-0.4, -0.2) is 57.0 Å². The molecule has 1 aliphatic rings. The Bertz CT molecular complexity index is 1140. The quantitative estimate of drug-likeness (QED) is 0.427. The van der Waals surface area contributed by atoms with Gasteiger partial charge in [0.2, 0.25) is 0 Å². The Labute approximate surface area is 208 Å². The van der Waals surface area contributed by atoms with Gasteiger partial charge in [0.1, 0.15) is 5.75 Å². The van der Waals surface area contributed by atoms with Crippen LogP contribution in [0.4, 0.5) is 5.69 Å². The molecule has 2 N–H and O–H groups in total. The summed E-state index contributed by atoms with van der Waals surface area (Å²) in [4.78, 5) is 14.7. The van der Waals surface area contributed by atoms with Crippen molar-refractivity contribution in [2.45, 2.75) is 24.8 Å². The van der Waals surface area contributed by atoms with Crippen LogP contribution < -0.4 is 9.04 Å². The maximum absolute atomic E-state index is 12.5. The molecule has 1 saturated heterocycles. The molecule has 3 aromatic carbocycles. The summed E-state index contributed by atoms with van der Waals surface area (Å²) in [7, 11) is 1.61. The van der Waals surface area contributed by atoms with E-state index in [2.05, 4.69) is 17.0 Å². The minimum Gasteiger partial charge on any atom is -0.497 e. The summed E-state index contributed by atoms with van der Waals surface area (Å²) in [6.45, 7) is 1.89. The van der Waals surface area contributed by atoms with Crippen molar-refractivity contribution >= 4 is 22.9 Å². The number of likely N-dealkylation sites (tertiary alicyclic amines) is 1. The molecule has 0 spiro atoms. The second-order valence-corrected chi connectivity index (χ2v) is 9.54. The fourth-order valence-corrected chi connectivity index (χ4v) is 5.50. The number of methoxy groups -OCH3 is 1. The molecule has 4 rings (SSSR count). The Morgan fingerprint density at radius 3 is 2.06 bits per heavy atom. The fraction of sp³-hybridized carbons (Fsp3) is 0.296. The van der Waals surface area contributed by atoms with Crippen LogP contribution in [0.3, 0.4) is 0 Å². The molecule has 7 nitrogen and oxygen atoms in total. The molecule has 0 saturated carbocycles. The molecule has 1 unspecified atom stereocenters. The van der Waals surface area contributed by atoms with E-state index in [1.54, 1.807) is 19.2 Å². The predicted octanol–water partition coefficient (Wildman–Crippen LogP) is 4.47. The van der Waals surface area contributed by atoms with E-state index >= 15 is 0 Å². The molecule has 184 valence electrons. The molecule has 0 amide bonds. The van der Waals surface area contributed by atoms with Gasteiger partial charge in [-0.05, 0) is 60.2 Å². The van der Waals surface area contributed by atoms with E-state index in [9.17, 15) is 18.7 Å². The van der Waals surface area contributed by atoms with Crippen LogP contribution in [0.2, 0.25) is 0 Å². The van der Waals surface area contributed by atoms with Crippen LogP contribution in [0, 0.1) is 0 Å². The molecule has 0 aromatic heterocycles. The van der Waals surface area contributed by atoms with Crippen LogP contribution in [0.25, 0.3) is 11.1 Å². The van der Waals surface area contributed by atoms with Gasteiger partial charge in [-0.2, -0.15) is 0 Å². The Balaban J connectivity index is 1.51. The third-order valence-corrected chi connectivity index (χ3v) is 7.58. The first-order chi connectivity index (χ1) is 16.9. The van der Waals surface area contributed by atoms with Crippen molar-refractivity contribution in [3.05, 3.63) is 84.4 Å². The van der Waals surface area contributed by atoms with Crippen LogP contribution in [0.1, 0.15) is 18.4 Å². The standard InChI is InChI=1S/C27H30N2O5S/c1-34-25-13-9-23(10-14-25)22-7-11-24(12-8-22)29(35(32)33)27(26(30)31)16-19-28(20-17-27)18-15-21-5-3-2-4-6-21/h2-14H,15-20H2,1H3,(H,30,31)(H,32,33). The highest BCUT2D eigenvalue weighted by atomic mass is 32.2. The van der Waals surface area contributed by atoms with Crippen LogP contribution in [-0.2, 0) is 22.5 Å². The normalized spacial score (nSPS) is 16.4. The van der Waals surface area contributed by atoms with Gasteiger partial charge in [-0.3, -0.25) is 8.86 Å². The summed E-state index contributed by atoms with van der Waals surface area (Å²) >= 11 is -2.49. The van der Waals surface area contributed by atoms with E-state index in [1.165, 1.54) is 5.56 Å². The Morgan fingerprint density at radius 2 is 1.54 bits per heavy atom. The molecule has 0 radical (unpaired) electrons. The van der Waals surface area contributed by atoms with Gasteiger partial charge in [-0.1, -0.05) is 54.6 Å². The maximum atomic E-state index is 12.5.